The number of unbranched alkanes of at least 4 members (excludes halogenated alkanes) is 1. The summed E-state index contributed by atoms with van der Waals surface area (Å²) in [4.78, 5) is 59.1. The van der Waals surface area contributed by atoms with Crippen molar-refractivity contribution in [1.82, 2.24) is 40.9 Å². The first-order valence-corrected chi connectivity index (χ1v) is 29.0. The summed E-state index contributed by atoms with van der Waals surface area (Å²) in [6, 6.07) is 19.4. The predicted molar refractivity (Wildman–Crippen MR) is 309 cm³/mol. The number of nitrogens with zero attached hydrogens (tertiary/aromatic N) is 4. The summed E-state index contributed by atoms with van der Waals surface area (Å²) in [5.74, 6) is 0.143. The van der Waals surface area contributed by atoms with Gasteiger partial charge in [0.25, 0.3) is 11.8 Å². The molecule has 0 bridgehead atoms. The van der Waals surface area contributed by atoms with Crippen LogP contribution in [0.4, 0.5) is 9.59 Å². The van der Waals surface area contributed by atoms with E-state index in [1.54, 1.807) is 12.1 Å². The molecule has 4 N–H and O–H groups in total. The number of halogens is 4. The summed E-state index contributed by atoms with van der Waals surface area (Å²) in [6.07, 6.45) is 1.40. The van der Waals surface area contributed by atoms with Crippen LogP contribution in [0.2, 0.25) is 20.1 Å². The number of fused-ring (bicyclic) bond motifs is 4. The minimum Gasteiger partial charge on any atom is -0.377 e. The van der Waals surface area contributed by atoms with Gasteiger partial charge in [-0.3, -0.25) is 9.59 Å². The number of urea groups is 2. The number of likely N-dealkylation sites (N-methyl/N-ethyl adjacent to an activating group) is 2. The van der Waals surface area contributed by atoms with E-state index in [4.69, 9.17) is 74.8 Å². The van der Waals surface area contributed by atoms with Gasteiger partial charge in [-0.05, 0) is 108 Å². The third kappa shape index (κ3) is 17.4. The van der Waals surface area contributed by atoms with Gasteiger partial charge in [0.1, 0.15) is 0 Å². The Labute approximate surface area is 489 Å². The van der Waals surface area contributed by atoms with E-state index in [9.17, 15) is 19.2 Å². The van der Waals surface area contributed by atoms with Crippen LogP contribution in [-0.4, -0.2) is 189 Å². The summed E-state index contributed by atoms with van der Waals surface area (Å²) >= 11 is 25.9. The van der Waals surface area contributed by atoms with Crippen molar-refractivity contribution in [2.75, 3.05) is 146 Å². The van der Waals surface area contributed by atoms with Crippen molar-refractivity contribution < 1.29 is 47.6 Å². The average Bonchev–Trinajstić information content (AvgIpc) is 4.08. The summed E-state index contributed by atoms with van der Waals surface area (Å²) in [6.45, 7) is 11.5. The minimum atomic E-state index is -0.284. The van der Waals surface area contributed by atoms with Gasteiger partial charge in [0, 0.05) is 122 Å². The second kappa shape index (κ2) is 31.0. The van der Waals surface area contributed by atoms with Crippen LogP contribution in [-0.2, 0) is 54.6 Å². The highest BCUT2D eigenvalue weighted by molar-refractivity contribution is 6.35. The van der Waals surface area contributed by atoms with Gasteiger partial charge in [-0.25, -0.2) is 9.59 Å². The maximum absolute atomic E-state index is 13.4. The Morgan fingerprint density at radius 2 is 0.838 bits per heavy atom. The monoisotopic (exact) mass is 1180 g/mol. The molecule has 4 aromatic rings. The Balaban J connectivity index is 0.546. The molecule has 4 aromatic carbocycles. The largest absolute Gasteiger partial charge is 0.377 e. The summed E-state index contributed by atoms with van der Waals surface area (Å²) in [7, 11) is 4.15. The zero-order valence-corrected chi connectivity index (χ0v) is 48.7. The molecule has 0 radical (unpaired) electrons. The van der Waals surface area contributed by atoms with Gasteiger partial charge in [-0.2, -0.15) is 0 Å². The van der Waals surface area contributed by atoms with Crippen LogP contribution in [0.15, 0.2) is 60.7 Å². The second-order valence-electron chi connectivity index (χ2n) is 20.4. The van der Waals surface area contributed by atoms with E-state index in [1.807, 2.05) is 34.1 Å². The molecule has 434 valence electrons. The Kier molecular flexibility index (Phi) is 23.8. The molecular formula is C58H74Cl4N8O10. The fourth-order valence-electron chi connectivity index (χ4n) is 10.5. The van der Waals surface area contributed by atoms with Crippen LogP contribution in [0.3, 0.4) is 0 Å². The number of carbonyl (C=O) groups excluding carboxylic acids is 4. The molecule has 2 unspecified atom stereocenters. The van der Waals surface area contributed by atoms with Gasteiger partial charge in [0.15, 0.2) is 0 Å². The smallest absolute Gasteiger partial charge is 0.314 e. The third-order valence-corrected chi connectivity index (χ3v) is 15.7. The predicted octanol–water partition coefficient (Wildman–Crippen LogP) is 7.54. The van der Waals surface area contributed by atoms with E-state index in [2.05, 4.69) is 69.4 Å². The van der Waals surface area contributed by atoms with Crippen molar-refractivity contribution in [3.63, 3.8) is 0 Å². The molecule has 8 rings (SSSR count). The lowest BCUT2D eigenvalue weighted by Gasteiger charge is -2.33. The number of carbonyl (C=O) groups is 4. The van der Waals surface area contributed by atoms with Crippen LogP contribution >= 0.6 is 46.4 Å². The van der Waals surface area contributed by atoms with Crippen LogP contribution in [0.25, 0.3) is 0 Å². The molecule has 4 heterocycles. The quantitative estimate of drug-likeness (QED) is 0.0364. The highest BCUT2D eigenvalue weighted by Gasteiger charge is 2.33. The molecule has 0 aromatic heterocycles. The normalized spacial score (nSPS) is 16.9. The summed E-state index contributed by atoms with van der Waals surface area (Å²) in [5, 5.41) is 13.7. The Morgan fingerprint density at radius 3 is 1.24 bits per heavy atom. The Bertz CT molecular complexity index is 2580. The van der Waals surface area contributed by atoms with Crippen LogP contribution in [0.5, 0.6) is 0 Å². The number of benzene rings is 4. The van der Waals surface area contributed by atoms with E-state index >= 15 is 0 Å². The Morgan fingerprint density at radius 1 is 0.475 bits per heavy atom. The first-order chi connectivity index (χ1) is 38.8. The minimum absolute atomic E-state index is 0.00777. The molecule has 6 amide bonds. The standard InChI is InChI=1S/C58H74Cl4N8O10/c1-67-35-49(47-29-43(59)31-53(61)51(47)37-67)39-5-7-41-33-69(55(71)45(41)27-39)13-17-77-21-25-79-23-19-75-15-11-65-57(73)63-9-3-4-10-64-58(74)66-12-16-76-20-24-80-26-22-78-18-14-70-34-42-8-6-40(28-46(42)56(70)72)50-36-68(2)38-52-48(50)30-44(60)32-54(52)62/h5-8,27-32,49-50H,3-4,9-26,33-38H2,1-2H3,(H2,63,65,73)(H2,64,66,74). The molecule has 80 heavy (non-hydrogen) atoms. The molecule has 22 heteroatoms. The molecule has 2 atom stereocenters. The fraction of sp³-hybridized carbons (Fsp3) is 0.517. The van der Waals surface area contributed by atoms with Gasteiger partial charge >= 0.3 is 12.1 Å². The molecule has 4 aliphatic heterocycles. The maximum atomic E-state index is 13.4. The van der Waals surface area contributed by atoms with Gasteiger partial charge in [0.05, 0.1) is 79.3 Å². The first kappa shape index (κ1) is 61.3. The van der Waals surface area contributed by atoms with Crippen LogP contribution < -0.4 is 21.3 Å². The number of amides is 6. The lowest BCUT2D eigenvalue weighted by Crippen LogP contribution is -2.39. The summed E-state index contributed by atoms with van der Waals surface area (Å²) < 4.78 is 33.8. The molecule has 0 aliphatic carbocycles. The van der Waals surface area contributed by atoms with E-state index in [1.165, 1.54) is 0 Å². The lowest BCUT2D eigenvalue weighted by molar-refractivity contribution is 0.0115. The van der Waals surface area contributed by atoms with E-state index < -0.39 is 0 Å². The topological polar surface area (TPSA) is 185 Å². The number of rotatable bonds is 31. The van der Waals surface area contributed by atoms with Gasteiger partial charge in [-0.15, -0.1) is 0 Å². The molecule has 0 saturated heterocycles. The van der Waals surface area contributed by atoms with Gasteiger partial charge in [-0.1, -0.05) is 70.7 Å². The van der Waals surface area contributed by atoms with E-state index in [0.29, 0.717) is 165 Å². The van der Waals surface area contributed by atoms with Crippen molar-refractivity contribution in [2.45, 2.75) is 50.9 Å². The Hall–Kier alpha value is -4.80. The fourth-order valence-corrected chi connectivity index (χ4v) is 11.6. The van der Waals surface area contributed by atoms with Gasteiger partial charge in [0.2, 0.25) is 0 Å². The van der Waals surface area contributed by atoms with Crippen LogP contribution in [0, 0.1) is 0 Å². The van der Waals surface area contributed by atoms with Crippen molar-refractivity contribution >= 4 is 70.3 Å². The van der Waals surface area contributed by atoms with Crippen molar-refractivity contribution in [3.8, 4) is 0 Å². The SMILES string of the molecule is CN1Cc2c(Cl)cc(Cl)cc2C(c2ccc3c(c2)C(=O)N(CCOCCOCCOCCNC(=O)NCCCCNC(=O)NCCOCCOCCOCCN2Cc4ccc(C5CN(C)Cc6c(Cl)cc(Cl)cc65)cc4C2=O)C3)C1. The number of nitrogens with one attached hydrogen (secondary N) is 4. The highest BCUT2D eigenvalue weighted by Crippen LogP contribution is 2.41. The molecule has 4 aliphatic rings. The lowest BCUT2D eigenvalue weighted by atomic mass is 9.84. The zero-order chi connectivity index (χ0) is 56.4. The highest BCUT2D eigenvalue weighted by atomic mass is 35.5. The summed E-state index contributed by atoms with van der Waals surface area (Å²) in [5.41, 5.74) is 10.0. The maximum Gasteiger partial charge on any atom is 0.314 e. The first-order valence-electron chi connectivity index (χ1n) is 27.5. The van der Waals surface area contributed by atoms with Gasteiger partial charge < -0.3 is 69.3 Å². The number of hydrogen-bond acceptors (Lipinski definition) is 12. The second-order valence-corrected chi connectivity index (χ2v) is 22.1. The molecular weight excluding hydrogens is 1110 g/mol. The van der Waals surface area contributed by atoms with Crippen molar-refractivity contribution in [1.29, 1.82) is 0 Å². The van der Waals surface area contributed by atoms with E-state index in [-0.39, 0.29) is 35.7 Å². The number of hydrogen-bond donors (Lipinski definition) is 4. The molecule has 18 nitrogen and oxygen atoms in total. The van der Waals surface area contributed by atoms with Crippen LogP contribution in [0.1, 0.15) is 89.9 Å². The molecule has 0 saturated carbocycles. The number of ether oxygens (including phenoxy) is 6. The van der Waals surface area contributed by atoms with Crippen molar-refractivity contribution in [3.05, 3.63) is 136 Å². The van der Waals surface area contributed by atoms with E-state index in [0.717, 1.165) is 81.8 Å². The molecule has 0 fully saturated rings. The van der Waals surface area contributed by atoms with Crippen molar-refractivity contribution in [2.24, 2.45) is 0 Å². The zero-order valence-electron chi connectivity index (χ0n) is 45.7. The third-order valence-electron chi connectivity index (χ3n) is 14.6. The average molecular weight is 1190 g/mol. The molecule has 0 spiro atoms.